The lowest BCUT2D eigenvalue weighted by Crippen LogP contribution is -2.50. The van der Waals surface area contributed by atoms with Gasteiger partial charge in [0.1, 0.15) is 5.75 Å². The molecule has 0 fully saturated rings. The van der Waals surface area contributed by atoms with E-state index in [0.29, 0.717) is 29.5 Å². The van der Waals surface area contributed by atoms with Crippen LogP contribution in [0.4, 0.5) is 0 Å². The van der Waals surface area contributed by atoms with E-state index in [9.17, 15) is 9.59 Å². The van der Waals surface area contributed by atoms with E-state index in [1.807, 2.05) is 30.3 Å². The Kier molecular flexibility index (Phi) is 7.67. The fourth-order valence-electron chi connectivity index (χ4n) is 3.49. The van der Waals surface area contributed by atoms with Gasteiger partial charge in [0, 0.05) is 38.8 Å². The van der Waals surface area contributed by atoms with Crippen molar-refractivity contribution < 1.29 is 9.53 Å². The largest absolute Gasteiger partial charge is 0.497 e. The van der Waals surface area contributed by atoms with Crippen LogP contribution in [-0.2, 0) is 8.46 Å². The highest BCUT2D eigenvalue weighted by Gasteiger charge is 2.30. The first-order valence-electron chi connectivity index (χ1n) is 9.89. The summed E-state index contributed by atoms with van der Waals surface area (Å²) in [6.45, 7) is 7.76. The van der Waals surface area contributed by atoms with Crippen LogP contribution in [0.1, 0.15) is 19.4 Å². The third-order valence-corrected chi connectivity index (χ3v) is 7.72. The van der Waals surface area contributed by atoms with E-state index in [0.717, 1.165) is 34.6 Å². The van der Waals surface area contributed by atoms with Crippen molar-refractivity contribution in [3.05, 3.63) is 52.2 Å². The summed E-state index contributed by atoms with van der Waals surface area (Å²) in [6, 6.07) is 11.2. The van der Waals surface area contributed by atoms with Crippen LogP contribution < -0.4 is 20.8 Å². The number of halogens is 1. The van der Waals surface area contributed by atoms with E-state index in [4.69, 9.17) is 4.74 Å². The molecule has 0 bridgehead atoms. The molecular formula is C22H26IN3O3S. The van der Waals surface area contributed by atoms with Crippen molar-refractivity contribution in [2.45, 2.75) is 17.5 Å². The van der Waals surface area contributed by atoms with Crippen LogP contribution in [0.2, 0.25) is 0 Å². The number of benzene rings is 2. The molecule has 3 rings (SSSR count). The molecule has 0 radical (unpaired) electrons. The van der Waals surface area contributed by atoms with Crippen molar-refractivity contribution in [2.24, 2.45) is 0 Å². The quantitative estimate of drug-likeness (QED) is 0.103. The summed E-state index contributed by atoms with van der Waals surface area (Å²) in [5.41, 5.74) is 0.833. The van der Waals surface area contributed by atoms with Gasteiger partial charge in [0.05, 0.1) is 7.11 Å². The molecule has 0 saturated heterocycles. The summed E-state index contributed by atoms with van der Waals surface area (Å²) in [5, 5.41) is 7.68. The number of ether oxygens (including phenoxy) is 1. The Morgan fingerprint density at radius 2 is 1.97 bits per heavy atom. The minimum Gasteiger partial charge on any atom is -0.497 e. The van der Waals surface area contributed by atoms with Crippen LogP contribution in [0.15, 0.2) is 41.2 Å². The lowest BCUT2D eigenvalue weighted by atomic mass is 10.1. The second kappa shape index (κ2) is 10.0. The Balaban J connectivity index is 2.09. The molecule has 160 valence electrons. The molecule has 1 amide bonds. The van der Waals surface area contributed by atoms with Crippen LogP contribution in [0.5, 0.6) is 5.75 Å². The molecule has 0 spiro atoms. The number of methoxy groups -OCH3 is 1. The van der Waals surface area contributed by atoms with Gasteiger partial charge in [-0.1, -0.05) is 26.0 Å². The minimum atomic E-state index is -0.824. The van der Waals surface area contributed by atoms with Gasteiger partial charge in [-0.25, -0.2) is 0 Å². The molecule has 30 heavy (non-hydrogen) atoms. The van der Waals surface area contributed by atoms with Gasteiger partial charge in [-0.3, -0.25) is 14.9 Å². The van der Waals surface area contributed by atoms with Crippen LogP contribution in [0.25, 0.3) is 20.2 Å². The van der Waals surface area contributed by atoms with Crippen molar-refractivity contribution in [3.8, 4) is 5.75 Å². The molecule has 2 aromatic carbocycles. The SMILES string of the molecule is CCN(CC)CCNC(I)(NC=O)c1cccc2c(=O)c3cc(OC)ccc3sc12. The summed E-state index contributed by atoms with van der Waals surface area (Å²) in [5.74, 6) is 0.659. The van der Waals surface area contributed by atoms with Gasteiger partial charge in [0.15, 0.2) is 9.10 Å². The van der Waals surface area contributed by atoms with E-state index in [-0.39, 0.29) is 5.43 Å². The lowest BCUT2D eigenvalue weighted by Gasteiger charge is -2.31. The first-order chi connectivity index (χ1) is 14.5. The minimum absolute atomic E-state index is 0.0347. The van der Waals surface area contributed by atoms with Gasteiger partial charge in [-0.15, -0.1) is 11.3 Å². The molecular weight excluding hydrogens is 513 g/mol. The fraction of sp³-hybridized carbons (Fsp3) is 0.364. The van der Waals surface area contributed by atoms with Crippen LogP contribution in [0.3, 0.4) is 0 Å². The van der Waals surface area contributed by atoms with Gasteiger partial charge in [-0.2, -0.15) is 0 Å². The van der Waals surface area contributed by atoms with Crippen molar-refractivity contribution in [2.75, 3.05) is 33.3 Å². The molecule has 0 aliphatic heterocycles. The average Bonchev–Trinajstić information content (AvgIpc) is 2.76. The first-order valence-corrected chi connectivity index (χ1v) is 11.8. The number of amides is 1. The zero-order chi connectivity index (χ0) is 21.7. The van der Waals surface area contributed by atoms with Crippen LogP contribution in [0, 0.1) is 0 Å². The maximum Gasteiger partial charge on any atom is 0.209 e. The standard InChI is InChI=1S/C22H26IN3O3S/c1-4-26(5-2)12-11-24-22(23,25-14-27)18-8-6-7-16-20(28)17-13-15(29-3)9-10-19(17)30-21(16)18/h6-10,13-14,24H,4-5,11-12H2,1-3H3,(H,25,27). The predicted octanol–water partition coefficient (Wildman–Crippen LogP) is 3.65. The second-order valence-corrected chi connectivity index (χ2v) is 9.52. The molecule has 1 heterocycles. The van der Waals surface area contributed by atoms with E-state index >= 15 is 0 Å². The van der Waals surface area contributed by atoms with Crippen molar-refractivity contribution in [3.63, 3.8) is 0 Å². The molecule has 1 atom stereocenters. The number of carbonyl (C=O) groups is 1. The highest BCUT2D eigenvalue weighted by Crippen LogP contribution is 2.36. The fourth-order valence-corrected chi connectivity index (χ4v) is 5.73. The molecule has 0 aliphatic carbocycles. The highest BCUT2D eigenvalue weighted by atomic mass is 127. The van der Waals surface area contributed by atoms with Gasteiger partial charge >= 0.3 is 0 Å². The molecule has 2 N–H and O–H groups in total. The van der Waals surface area contributed by atoms with Crippen LogP contribution >= 0.6 is 33.9 Å². The summed E-state index contributed by atoms with van der Waals surface area (Å²) >= 11 is 3.77. The number of hydrogen-bond acceptors (Lipinski definition) is 6. The van der Waals surface area contributed by atoms with E-state index < -0.39 is 3.67 Å². The van der Waals surface area contributed by atoms with Gasteiger partial charge in [0.25, 0.3) is 0 Å². The number of nitrogens with zero attached hydrogens (tertiary/aromatic N) is 1. The number of carbonyl (C=O) groups excluding carboxylic acids is 1. The predicted molar refractivity (Wildman–Crippen MR) is 133 cm³/mol. The Hall–Kier alpha value is -1.75. The monoisotopic (exact) mass is 539 g/mol. The normalized spacial score (nSPS) is 13.5. The van der Waals surface area contributed by atoms with Gasteiger partial charge < -0.3 is 15.0 Å². The zero-order valence-electron chi connectivity index (χ0n) is 17.3. The first kappa shape index (κ1) is 22.9. The van der Waals surface area contributed by atoms with Gasteiger partial charge in [-0.05, 0) is 59.9 Å². The van der Waals surface area contributed by atoms with Crippen molar-refractivity contribution in [1.82, 2.24) is 15.5 Å². The van der Waals surface area contributed by atoms with E-state index in [1.165, 1.54) is 0 Å². The molecule has 0 saturated carbocycles. The molecule has 3 aromatic rings. The Morgan fingerprint density at radius 3 is 2.63 bits per heavy atom. The van der Waals surface area contributed by atoms with E-state index in [2.05, 4.69) is 52.0 Å². The summed E-state index contributed by atoms with van der Waals surface area (Å²) in [7, 11) is 1.59. The maximum atomic E-state index is 13.2. The average molecular weight is 539 g/mol. The third kappa shape index (κ3) is 4.61. The van der Waals surface area contributed by atoms with E-state index in [1.54, 1.807) is 24.5 Å². The van der Waals surface area contributed by atoms with Crippen LogP contribution in [-0.4, -0.2) is 44.6 Å². The number of hydrogen-bond donors (Lipinski definition) is 2. The Labute approximate surface area is 193 Å². The number of nitrogens with one attached hydrogen (secondary N) is 2. The Morgan fingerprint density at radius 1 is 1.20 bits per heavy atom. The highest BCUT2D eigenvalue weighted by molar-refractivity contribution is 14.1. The molecule has 1 unspecified atom stereocenters. The smallest absolute Gasteiger partial charge is 0.209 e. The molecule has 1 aromatic heterocycles. The summed E-state index contributed by atoms with van der Waals surface area (Å²) < 4.78 is 6.20. The second-order valence-electron chi connectivity index (χ2n) is 6.85. The summed E-state index contributed by atoms with van der Waals surface area (Å²) in [6.07, 6.45) is 0.699. The molecule has 0 aliphatic rings. The number of likely N-dealkylation sites (N-methyl/N-ethyl adjacent to an activating group) is 1. The van der Waals surface area contributed by atoms with Gasteiger partial charge in [0.2, 0.25) is 6.41 Å². The molecule has 6 nitrogen and oxygen atoms in total. The topological polar surface area (TPSA) is 70.7 Å². The number of rotatable bonds is 10. The summed E-state index contributed by atoms with van der Waals surface area (Å²) in [4.78, 5) is 27.0. The maximum absolute atomic E-state index is 13.2. The van der Waals surface area contributed by atoms with Crippen molar-refractivity contribution in [1.29, 1.82) is 0 Å². The molecule has 8 heteroatoms. The zero-order valence-corrected chi connectivity index (χ0v) is 20.3. The Bertz CT molecular complexity index is 1100. The lowest BCUT2D eigenvalue weighted by molar-refractivity contribution is -0.110. The number of alkyl halides is 1. The number of fused-ring (bicyclic) bond motifs is 2. The van der Waals surface area contributed by atoms with Crippen molar-refractivity contribution >= 4 is 60.5 Å². The third-order valence-electron chi connectivity index (χ3n) is 5.22.